The Hall–Kier alpha value is 0.01000. The zero-order valence-electron chi connectivity index (χ0n) is 5.34. The fraction of sp³-hybridized carbons (Fsp3) is 0.667. The molecule has 0 amide bonds. The summed E-state index contributed by atoms with van der Waals surface area (Å²) in [4.78, 5) is 0. The van der Waals surface area contributed by atoms with Gasteiger partial charge < -0.3 is 0 Å². The van der Waals surface area contributed by atoms with Crippen molar-refractivity contribution in [3.8, 4) is 0 Å². The quantitative estimate of drug-likeness (QED) is 0.502. The summed E-state index contributed by atoms with van der Waals surface area (Å²) in [5.74, 6) is 0. The summed E-state index contributed by atoms with van der Waals surface area (Å²) in [6, 6.07) is 0. The number of allylic oxidation sites excluding steroid dienone is 1. The van der Waals surface area contributed by atoms with E-state index in [1.54, 1.807) is 0 Å². The molecule has 0 radical (unpaired) electrons. The van der Waals surface area contributed by atoms with Crippen LogP contribution >= 0.6 is 15.9 Å². The van der Waals surface area contributed by atoms with Crippen molar-refractivity contribution in [3.05, 3.63) is 12.2 Å². The number of rotatable bonds is 3. The van der Waals surface area contributed by atoms with Crippen molar-refractivity contribution in [3.63, 3.8) is 0 Å². The van der Waals surface area contributed by atoms with E-state index in [9.17, 15) is 13.2 Å². The van der Waals surface area contributed by atoms with E-state index in [0.717, 1.165) is 0 Å². The van der Waals surface area contributed by atoms with Gasteiger partial charge in [0.15, 0.2) is 0 Å². The van der Waals surface area contributed by atoms with Crippen LogP contribution in [0.5, 0.6) is 0 Å². The minimum atomic E-state index is -4.05. The summed E-state index contributed by atoms with van der Waals surface area (Å²) in [6.45, 7) is 3.43. The second-order valence-corrected chi connectivity index (χ2v) is 2.56. The second kappa shape index (κ2) is 4.01. The molecule has 0 aliphatic rings. The van der Waals surface area contributed by atoms with Gasteiger partial charge in [-0.1, -0.05) is 28.1 Å². The van der Waals surface area contributed by atoms with Crippen molar-refractivity contribution < 1.29 is 13.2 Å². The molecule has 0 heterocycles. The first-order valence-electron chi connectivity index (χ1n) is 2.75. The molecular formula is C6H8BrF3. The van der Waals surface area contributed by atoms with E-state index >= 15 is 0 Å². The first-order chi connectivity index (χ1) is 4.45. The van der Waals surface area contributed by atoms with Gasteiger partial charge in [-0.3, -0.25) is 0 Å². The number of hydrogen-bond acceptors (Lipinski definition) is 0. The Morgan fingerprint density at radius 2 is 1.90 bits per heavy atom. The van der Waals surface area contributed by atoms with Crippen LogP contribution in [0.3, 0.4) is 0 Å². The number of halogens is 4. The van der Waals surface area contributed by atoms with Gasteiger partial charge in [-0.05, 0) is 6.42 Å². The van der Waals surface area contributed by atoms with Crippen LogP contribution in [0, 0.1) is 0 Å². The Labute approximate surface area is 66.2 Å². The zero-order chi connectivity index (χ0) is 8.20. The fourth-order valence-electron chi connectivity index (χ4n) is 0.385. The molecule has 0 fully saturated rings. The van der Waals surface area contributed by atoms with Gasteiger partial charge in [-0.25, -0.2) is 0 Å². The Kier molecular flexibility index (Phi) is 4.01. The highest BCUT2D eigenvalue weighted by Gasteiger charge is 2.26. The van der Waals surface area contributed by atoms with Crippen LogP contribution in [0.4, 0.5) is 13.2 Å². The van der Waals surface area contributed by atoms with Crippen LogP contribution in [0.1, 0.15) is 12.8 Å². The SMILES string of the molecule is C=C(CBr)CCC(F)(F)F. The van der Waals surface area contributed by atoms with Gasteiger partial charge in [-0.2, -0.15) is 13.2 Å². The summed E-state index contributed by atoms with van der Waals surface area (Å²) in [5.41, 5.74) is 0.581. The average Bonchev–Trinajstić information content (AvgIpc) is 1.81. The standard InChI is InChI=1S/C6H8BrF3/c1-5(4-7)2-3-6(8,9)10/h1-4H2. The summed E-state index contributed by atoms with van der Waals surface area (Å²) < 4.78 is 34.5. The highest BCUT2D eigenvalue weighted by molar-refractivity contribution is 9.09. The van der Waals surface area contributed by atoms with Crippen LogP contribution < -0.4 is 0 Å². The summed E-state index contributed by atoms with van der Waals surface area (Å²) in [6.07, 6.45) is -4.79. The van der Waals surface area contributed by atoms with Crippen molar-refractivity contribution in [2.75, 3.05) is 5.33 Å². The molecular weight excluding hydrogens is 209 g/mol. The fourth-order valence-corrected chi connectivity index (χ4v) is 0.666. The van der Waals surface area contributed by atoms with E-state index in [-0.39, 0.29) is 6.42 Å². The molecule has 0 aromatic carbocycles. The topological polar surface area (TPSA) is 0 Å². The number of hydrogen-bond donors (Lipinski definition) is 0. The van der Waals surface area contributed by atoms with Gasteiger partial charge >= 0.3 is 6.18 Å². The minimum absolute atomic E-state index is 0.0226. The van der Waals surface area contributed by atoms with Crippen molar-refractivity contribution in [2.45, 2.75) is 19.0 Å². The molecule has 0 atom stereocenters. The van der Waals surface area contributed by atoms with Crippen molar-refractivity contribution in [1.29, 1.82) is 0 Å². The first kappa shape index (κ1) is 10.0. The van der Waals surface area contributed by atoms with Crippen molar-refractivity contribution in [1.82, 2.24) is 0 Å². The summed E-state index contributed by atoms with van der Waals surface area (Å²) in [7, 11) is 0. The van der Waals surface area contributed by atoms with E-state index in [2.05, 4.69) is 22.5 Å². The van der Waals surface area contributed by atoms with E-state index in [4.69, 9.17) is 0 Å². The van der Waals surface area contributed by atoms with E-state index in [1.807, 2.05) is 0 Å². The van der Waals surface area contributed by atoms with Gasteiger partial charge in [0, 0.05) is 11.8 Å². The molecule has 0 bridgehead atoms. The Morgan fingerprint density at radius 3 is 2.20 bits per heavy atom. The molecule has 10 heavy (non-hydrogen) atoms. The predicted octanol–water partition coefficient (Wildman–Crippen LogP) is 3.28. The molecule has 0 aromatic rings. The van der Waals surface area contributed by atoms with Crippen molar-refractivity contribution >= 4 is 15.9 Å². The Balaban J connectivity index is 3.46. The Bertz CT molecular complexity index is 117. The van der Waals surface area contributed by atoms with Gasteiger partial charge in [0.05, 0.1) is 0 Å². The molecule has 4 heteroatoms. The van der Waals surface area contributed by atoms with Crippen LogP contribution in [0.2, 0.25) is 0 Å². The lowest BCUT2D eigenvalue weighted by atomic mass is 10.2. The monoisotopic (exact) mass is 216 g/mol. The summed E-state index contributed by atoms with van der Waals surface area (Å²) >= 11 is 3.02. The highest BCUT2D eigenvalue weighted by Crippen LogP contribution is 2.23. The molecule has 0 N–H and O–H groups in total. The van der Waals surface area contributed by atoms with Gasteiger partial charge in [0.2, 0.25) is 0 Å². The highest BCUT2D eigenvalue weighted by atomic mass is 79.9. The van der Waals surface area contributed by atoms with Crippen molar-refractivity contribution in [2.24, 2.45) is 0 Å². The Morgan fingerprint density at radius 1 is 1.40 bits per heavy atom. The third-order valence-corrected chi connectivity index (χ3v) is 1.74. The molecule has 0 rings (SSSR count). The maximum Gasteiger partial charge on any atom is 0.389 e. The molecule has 0 saturated carbocycles. The molecule has 0 spiro atoms. The van der Waals surface area contributed by atoms with Gasteiger partial charge in [-0.15, -0.1) is 0 Å². The molecule has 60 valence electrons. The van der Waals surface area contributed by atoms with E-state index in [1.165, 1.54) is 0 Å². The molecule has 0 nitrogen and oxygen atoms in total. The van der Waals surface area contributed by atoms with Crippen LogP contribution in [-0.4, -0.2) is 11.5 Å². The maximum absolute atomic E-state index is 11.5. The maximum atomic E-state index is 11.5. The predicted molar refractivity (Wildman–Crippen MR) is 38.2 cm³/mol. The molecule has 0 unspecified atom stereocenters. The molecule has 0 aliphatic heterocycles. The molecule has 0 aliphatic carbocycles. The van der Waals surface area contributed by atoms with Crippen LogP contribution in [-0.2, 0) is 0 Å². The lowest BCUT2D eigenvalue weighted by Crippen LogP contribution is -2.07. The molecule has 0 aromatic heterocycles. The van der Waals surface area contributed by atoms with Crippen LogP contribution in [0.15, 0.2) is 12.2 Å². The summed E-state index contributed by atoms with van der Waals surface area (Å²) in [5, 5.41) is 0.448. The lowest BCUT2D eigenvalue weighted by Gasteiger charge is -2.05. The normalized spacial score (nSPS) is 11.6. The van der Waals surface area contributed by atoms with Gasteiger partial charge in [0.1, 0.15) is 0 Å². The second-order valence-electron chi connectivity index (χ2n) is 2.00. The largest absolute Gasteiger partial charge is 0.389 e. The van der Waals surface area contributed by atoms with E-state index in [0.29, 0.717) is 10.9 Å². The average molecular weight is 217 g/mol. The number of alkyl halides is 4. The smallest absolute Gasteiger partial charge is 0.171 e. The lowest BCUT2D eigenvalue weighted by molar-refractivity contribution is -0.133. The van der Waals surface area contributed by atoms with E-state index < -0.39 is 12.6 Å². The zero-order valence-corrected chi connectivity index (χ0v) is 6.93. The van der Waals surface area contributed by atoms with Crippen LogP contribution in [0.25, 0.3) is 0 Å². The minimum Gasteiger partial charge on any atom is -0.171 e. The first-order valence-corrected chi connectivity index (χ1v) is 3.87. The van der Waals surface area contributed by atoms with Gasteiger partial charge in [0.25, 0.3) is 0 Å². The third-order valence-electron chi connectivity index (χ3n) is 0.951. The molecule has 0 saturated heterocycles. The third kappa shape index (κ3) is 6.13.